The van der Waals surface area contributed by atoms with Gasteiger partial charge in [-0.15, -0.1) is 12.4 Å². The van der Waals surface area contributed by atoms with Crippen LogP contribution in [-0.2, 0) is 0 Å². The summed E-state index contributed by atoms with van der Waals surface area (Å²) < 4.78 is 17.5. The van der Waals surface area contributed by atoms with Crippen LogP contribution < -0.4 is 10.2 Å². The summed E-state index contributed by atoms with van der Waals surface area (Å²) in [6.45, 7) is 1.87. The lowest BCUT2D eigenvalue weighted by molar-refractivity contribution is 0.577. The Kier molecular flexibility index (Phi) is 5.57. The van der Waals surface area contributed by atoms with Crippen molar-refractivity contribution in [3.05, 3.63) is 85.2 Å². The number of rotatable bonds is 4. The van der Waals surface area contributed by atoms with E-state index in [4.69, 9.17) is 10.1 Å². The summed E-state index contributed by atoms with van der Waals surface area (Å²) in [4.78, 5) is 11.2. The number of benzene rings is 2. The third-order valence-corrected chi connectivity index (χ3v) is 7.84. The van der Waals surface area contributed by atoms with Gasteiger partial charge in [0.2, 0.25) is 0 Å². The van der Waals surface area contributed by atoms with Crippen molar-refractivity contribution in [3.8, 4) is 33.6 Å². The molecule has 2 fully saturated rings. The van der Waals surface area contributed by atoms with Gasteiger partial charge in [-0.25, -0.2) is 13.9 Å². The zero-order valence-electron chi connectivity index (χ0n) is 20.8. The Bertz CT molecular complexity index is 1830. The van der Waals surface area contributed by atoms with E-state index in [0.29, 0.717) is 29.0 Å². The Labute approximate surface area is 229 Å². The summed E-state index contributed by atoms with van der Waals surface area (Å²) in [6, 6.07) is 18.2. The van der Waals surface area contributed by atoms with E-state index in [1.165, 1.54) is 0 Å². The highest BCUT2D eigenvalue weighted by Crippen LogP contribution is 2.39. The van der Waals surface area contributed by atoms with Gasteiger partial charge in [0.15, 0.2) is 5.65 Å². The van der Waals surface area contributed by atoms with Gasteiger partial charge in [0.05, 0.1) is 23.0 Å². The highest BCUT2D eigenvalue weighted by molar-refractivity contribution is 6.02. The third-order valence-electron chi connectivity index (χ3n) is 7.84. The number of hydrogen-bond donors (Lipinski definition) is 2. The summed E-state index contributed by atoms with van der Waals surface area (Å²) in [5, 5.41) is 16.8. The summed E-state index contributed by atoms with van der Waals surface area (Å²) in [5.41, 5.74) is 7.10. The van der Waals surface area contributed by atoms with Crippen LogP contribution >= 0.6 is 12.4 Å². The Morgan fingerprint density at radius 1 is 0.974 bits per heavy atom. The summed E-state index contributed by atoms with van der Waals surface area (Å²) in [7, 11) is 0. The molecule has 2 bridgehead atoms. The fraction of sp³-hybridized carbons (Fsp3) is 0.172. The maximum Gasteiger partial charge on any atom is 0.164 e. The van der Waals surface area contributed by atoms with Crippen LogP contribution in [0.5, 0.6) is 0 Å². The molecule has 6 aromatic rings. The van der Waals surface area contributed by atoms with Crippen molar-refractivity contribution in [3.63, 3.8) is 0 Å². The van der Waals surface area contributed by atoms with Gasteiger partial charge in [0.25, 0.3) is 0 Å². The van der Waals surface area contributed by atoms with E-state index >= 15 is 4.39 Å². The van der Waals surface area contributed by atoms with E-state index in [0.717, 1.165) is 58.5 Å². The fourth-order valence-corrected chi connectivity index (χ4v) is 6.06. The van der Waals surface area contributed by atoms with Gasteiger partial charge in [0, 0.05) is 66.0 Å². The van der Waals surface area contributed by atoms with E-state index in [2.05, 4.69) is 25.4 Å². The first-order chi connectivity index (χ1) is 18.7. The average Bonchev–Trinajstić information content (AvgIpc) is 3.76. The monoisotopic (exact) mass is 538 g/mol. The quantitative estimate of drug-likeness (QED) is 0.324. The molecule has 6 heterocycles. The van der Waals surface area contributed by atoms with Crippen LogP contribution in [0.25, 0.3) is 50.2 Å². The molecular weight excluding hydrogens is 515 g/mol. The number of halogens is 2. The van der Waals surface area contributed by atoms with Gasteiger partial charge in [-0.05, 0) is 54.4 Å². The molecule has 2 aliphatic heterocycles. The van der Waals surface area contributed by atoms with Crippen molar-refractivity contribution in [1.29, 1.82) is 0 Å². The minimum absolute atomic E-state index is 0. The number of piperazine rings is 1. The molecular formula is C29H24ClFN8. The van der Waals surface area contributed by atoms with E-state index < -0.39 is 0 Å². The van der Waals surface area contributed by atoms with E-state index in [-0.39, 0.29) is 18.2 Å². The van der Waals surface area contributed by atoms with E-state index in [1.54, 1.807) is 29.2 Å². The van der Waals surface area contributed by atoms with E-state index in [9.17, 15) is 0 Å². The normalized spacial score (nSPS) is 18.2. The van der Waals surface area contributed by atoms with Crippen molar-refractivity contribution >= 4 is 34.6 Å². The predicted molar refractivity (Wildman–Crippen MR) is 151 cm³/mol. The zero-order valence-corrected chi connectivity index (χ0v) is 21.6. The summed E-state index contributed by atoms with van der Waals surface area (Å²) >= 11 is 0. The SMILES string of the molecule is Cl.Fc1cc(N2C[C@@H]3C[C@H]2CN3)ccc1-c1ccnc2c(-c3cccc4[nH]ncc34)c(-c3ccncc3)nn12. The number of nitrogens with zero attached hydrogens (tertiary/aromatic N) is 6. The smallest absolute Gasteiger partial charge is 0.164 e. The lowest BCUT2D eigenvalue weighted by atomic mass is 9.99. The van der Waals surface area contributed by atoms with Crippen molar-refractivity contribution in [2.45, 2.75) is 18.5 Å². The highest BCUT2D eigenvalue weighted by atomic mass is 35.5. The average molecular weight is 539 g/mol. The molecule has 2 aliphatic rings. The number of nitrogens with one attached hydrogen (secondary N) is 2. The van der Waals surface area contributed by atoms with Crippen molar-refractivity contribution < 1.29 is 4.39 Å². The lowest BCUT2D eigenvalue weighted by Gasteiger charge is -2.29. The van der Waals surface area contributed by atoms with Gasteiger partial charge < -0.3 is 10.2 Å². The number of hydrogen-bond acceptors (Lipinski definition) is 6. The largest absolute Gasteiger partial charge is 0.366 e. The molecule has 0 amide bonds. The zero-order chi connectivity index (χ0) is 25.2. The van der Waals surface area contributed by atoms with Gasteiger partial charge in [0.1, 0.15) is 11.5 Å². The second-order valence-corrected chi connectivity index (χ2v) is 9.97. The third kappa shape index (κ3) is 3.69. The number of fused-ring (bicyclic) bond motifs is 4. The lowest BCUT2D eigenvalue weighted by Crippen LogP contribution is -2.43. The molecule has 2 aromatic carbocycles. The molecule has 0 spiro atoms. The number of H-pyrrole nitrogens is 1. The van der Waals surface area contributed by atoms with Crippen LogP contribution in [0.15, 0.2) is 79.4 Å². The molecule has 2 saturated heterocycles. The molecule has 4 aromatic heterocycles. The maximum atomic E-state index is 15.8. The summed E-state index contributed by atoms with van der Waals surface area (Å²) in [6.07, 6.45) is 8.14. The van der Waals surface area contributed by atoms with E-state index in [1.807, 2.05) is 54.7 Å². The second-order valence-electron chi connectivity index (χ2n) is 9.97. The highest BCUT2D eigenvalue weighted by Gasteiger charge is 2.37. The summed E-state index contributed by atoms with van der Waals surface area (Å²) in [5.74, 6) is -0.273. The molecule has 0 radical (unpaired) electrons. The van der Waals surface area contributed by atoms with Crippen LogP contribution in [0.1, 0.15) is 6.42 Å². The molecule has 2 atom stereocenters. The number of anilines is 1. The minimum Gasteiger partial charge on any atom is -0.366 e. The predicted octanol–water partition coefficient (Wildman–Crippen LogP) is 5.11. The molecule has 0 aliphatic carbocycles. The number of pyridine rings is 1. The van der Waals surface area contributed by atoms with Crippen LogP contribution in [0.2, 0.25) is 0 Å². The first-order valence-electron chi connectivity index (χ1n) is 12.7. The van der Waals surface area contributed by atoms with Crippen molar-refractivity contribution in [2.75, 3.05) is 18.0 Å². The van der Waals surface area contributed by atoms with Crippen molar-refractivity contribution in [1.82, 2.24) is 35.1 Å². The first kappa shape index (κ1) is 23.8. The molecule has 2 N–H and O–H groups in total. The Morgan fingerprint density at radius 3 is 2.67 bits per heavy atom. The molecule has 8 nitrogen and oxygen atoms in total. The van der Waals surface area contributed by atoms with Gasteiger partial charge in [-0.1, -0.05) is 12.1 Å². The molecule has 10 heteroatoms. The first-order valence-corrected chi connectivity index (χ1v) is 12.7. The Balaban J connectivity index is 0.00000253. The number of aromatic amines is 1. The topological polar surface area (TPSA) is 87.0 Å². The van der Waals surface area contributed by atoms with Gasteiger partial charge >= 0.3 is 0 Å². The molecule has 39 heavy (non-hydrogen) atoms. The fourth-order valence-electron chi connectivity index (χ4n) is 6.06. The molecule has 8 rings (SSSR count). The van der Waals surface area contributed by atoms with Crippen LogP contribution in [-0.4, -0.2) is 55.0 Å². The molecule has 0 unspecified atom stereocenters. The Morgan fingerprint density at radius 2 is 1.87 bits per heavy atom. The second kappa shape index (κ2) is 9.14. The van der Waals surface area contributed by atoms with Crippen LogP contribution in [0.4, 0.5) is 10.1 Å². The van der Waals surface area contributed by atoms with Crippen LogP contribution in [0, 0.1) is 5.82 Å². The van der Waals surface area contributed by atoms with Crippen LogP contribution in [0.3, 0.4) is 0 Å². The molecule has 194 valence electrons. The molecule has 0 saturated carbocycles. The van der Waals surface area contributed by atoms with Gasteiger partial charge in [-0.2, -0.15) is 10.2 Å². The minimum atomic E-state index is -0.273. The standard InChI is InChI=1S/C29H23FN8.ClH/c30-24-13-19(37-16-18-12-20(37)14-33-18)4-5-22(24)26-8-11-32-29-27(21-2-1-3-25-23(21)15-34-35-25)28(36-38(26)29)17-6-9-31-10-7-17;/h1-11,13,15,18,20,33H,12,14,16H2,(H,34,35);1H/t18-,20-;/m0./s1. The maximum absolute atomic E-state index is 15.8. The van der Waals surface area contributed by atoms with Crippen molar-refractivity contribution in [2.24, 2.45) is 0 Å². The Hall–Kier alpha value is -4.34. The number of aromatic nitrogens is 6. The van der Waals surface area contributed by atoms with Gasteiger partial charge in [-0.3, -0.25) is 10.1 Å².